The second-order valence-corrected chi connectivity index (χ2v) is 17.7. The van der Waals surface area contributed by atoms with Crippen LogP contribution in [-0.4, -0.2) is 80.3 Å². The second-order valence-electron chi connectivity index (χ2n) is 14.0. The number of carbonyl (C=O) groups excluding carboxylic acids is 2. The van der Waals surface area contributed by atoms with Crippen LogP contribution in [0, 0.1) is 0 Å². The molecular weight excluding hydrogens is 1090 g/mol. The monoisotopic (exact) mass is 1130 g/mol. The Kier molecular flexibility index (Phi) is 18.7. The molecule has 0 aromatic heterocycles. The summed E-state index contributed by atoms with van der Waals surface area (Å²) in [4.78, 5) is 26.7. The third kappa shape index (κ3) is 13.4. The summed E-state index contributed by atoms with van der Waals surface area (Å²) in [5, 5.41) is 24.0. The van der Waals surface area contributed by atoms with Gasteiger partial charge in [0, 0.05) is 86.1 Å². The van der Waals surface area contributed by atoms with E-state index >= 15 is 0 Å². The SMILES string of the molecule is Nc1c(N=Nc2ccc(-c3ccc(N=Nc4cc(S(=O)(=O)O)c5ccccc5c4N)cc3CNC(=O)CCN(CCS)CC(=O)NCCS)cc2)cc(S(=O)(=O)O)c2ccccc12.[O-2].[Re]. The van der Waals surface area contributed by atoms with E-state index in [9.17, 15) is 35.5 Å². The number of nitrogen functional groups attached to an aromatic ring is 2. The fourth-order valence-electron chi connectivity index (χ4n) is 6.70. The number of hydrogen-bond donors (Lipinski definition) is 8. The van der Waals surface area contributed by atoms with Gasteiger partial charge in [0.2, 0.25) is 11.8 Å². The predicted octanol–water partition coefficient (Wildman–Crippen LogP) is 7.31. The molecule has 0 bridgehead atoms. The molecule has 6 aromatic carbocycles. The summed E-state index contributed by atoms with van der Waals surface area (Å²) >= 11 is 8.41. The van der Waals surface area contributed by atoms with Crippen molar-refractivity contribution in [2.24, 2.45) is 20.5 Å². The first-order valence-corrected chi connectivity index (χ1v) is 23.3. The summed E-state index contributed by atoms with van der Waals surface area (Å²) in [6.45, 7) is 1.37. The Morgan fingerprint density at radius 1 is 0.631 bits per heavy atom. The molecule has 6 aromatic rings. The molecule has 0 spiro atoms. The zero-order valence-electron chi connectivity index (χ0n) is 34.2. The Bertz CT molecular complexity index is 2980. The minimum atomic E-state index is -4.65. The molecule has 1 radical (unpaired) electrons. The number of anilines is 2. The summed E-state index contributed by atoms with van der Waals surface area (Å²) in [5.74, 6) is 0.520. The average Bonchev–Trinajstić information content (AvgIpc) is 3.26. The third-order valence-electron chi connectivity index (χ3n) is 9.77. The van der Waals surface area contributed by atoms with Gasteiger partial charge < -0.3 is 27.6 Å². The molecule has 0 fully saturated rings. The molecule has 6 rings (SSSR count). The predicted molar refractivity (Wildman–Crippen MR) is 251 cm³/mol. The first kappa shape index (κ1) is 52.3. The fourth-order valence-corrected chi connectivity index (χ4v) is 8.53. The number of nitrogens with zero attached hydrogens (tertiary/aromatic N) is 5. The topological polar surface area (TPSA) is 300 Å². The number of nitrogens with one attached hydrogen (secondary N) is 2. The molecule has 0 aliphatic heterocycles. The van der Waals surface area contributed by atoms with Gasteiger partial charge in [-0.05, 0) is 53.1 Å². The Morgan fingerprint density at radius 3 is 1.65 bits per heavy atom. The van der Waals surface area contributed by atoms with E-state index in [0.29, 0.717) is 70.0 Å². The zero-order valence-corrected chi connectivity index (χ0v) is 40.3. The van der Waals surface area contributed by atoms with E-state index in [0.717, 1.165) is 12.1 Å². The number of benzene rings is 6. The molecule has 0 saturated heterocycles. The molecule has 8 N–H and O–H groups in total. The number of azo groups is 2. The van der Waals surface area contributed by atoms with Gasteiger partial charge >= 0.3 is 0 Å². The molecular formula is C42H43N9O9ReS4-2. The van der Waals surface area contributed by atoms with E-state index in [1.165, 1.54) is 12.1 Å². The number of nitrogens with two attached hydrogens (primary N) is 2. The van der Waals surface area contributed by atoms with Crippen LogP contribution in [0.3, 0.4) is 0 Å². The van der Waals surface area contributed by atoms with E-state index in [1.807, 2.05) is 4.90 Å². The van der Waals surface area contributed by atoms with Crippen molar-refractivity contribution in [3.05, 3.63) is 109 Å². The van der Waals surface area contributed by atoms with Crippen LogP contribution in [0.4, 0.5) is 34.1 Å². The van der Waals surface area contributed by atoms with E-state index in [2.05, 4.69) is 56.3 Å². The molecule has 18 nitrogen and oxygen atoms in total. The van der Waals surface area contributed by atoms with Crippen molar-refractivity contribution in [1.29, 1.82) is 0 Å². The molecule has 65 heavy (non-hydrogen) atoms. The number of amides is 2. The van der Waals surface area contributed by atoms with Crippen LogP contribution in [0.1, 0.15) is 12.0 Å². The Morgan fingerprint density at radius 2 is 1.14 bits per heavy atom. The van der Waals surface area contributed by atoms with Crippen molar-refractivity contribution in [1.82, 2.24) is 15.5 Å². The number of fused-ring (bicyclic) bond motifs is 2. The summed E-state index contributed by atoms with van der Waals surface area (Å²) in [7, 11) is -9.26. The summed E-state index contributed by atoms with van der Waals surface area (Å²) in [5.41, 5.74) is 15.8. The van der Waals surface area contributed by atoms with Crippen LogP contribution in [0.5, 0.6) is 0 Å². The minimum absolute atomic E-state index is 0. The van der Waals surface area contributed by atoms with Crippen molar-refractivity contribution in [2.45, 2.75) is 22.8 Å². The van der Waals surface area contributed by atoms with Gasteiger partial charge in [-0.3, -0.25) is 23.6 Å². The smallest absolute Gasteiger partial charge is 0.295 e. The van der Waals surface area contributed by atoms with Crippen molar-refractivity contribution in [2.75, 3.05) is 49.2 Å². The quantitative estimate of drug-likeness (QED) is 0.0183. The van der Waals surface area contributed by atoms with E-state index in [1.54, 1.807) is 78.9 Å². The number of thiol groups is 2. The van der Waals surface area contributed by atoms with Crippen LogP contribution in [0.2, 0.25) is 0 Å². The Labute approximate surface area is 399 Å². The number of hydrogen-bond acceptors (Lipinski definition) is 15. The summed E-state index contributed by atoms with van der Waals surface area (Å²) in [6.07, 6.45) is 0.0901. The van der Waals surface area contributed by atoms with Crippen molar-refractivity contribution < 1.29 is 61.4 Å². The Hall–Kier alpha value is -5.32. The molecule has 0 aliphatic carbocycles. The van der Waals surface area contributed by atoms with Crippen LogP contribution < -0.4 is 22.1 Å². The van der Waals surface area contributed by atoms with Gasteiger partial charge in [-0.1, -0.05) is 66.7 Å². The number of carbonyl (C=O) groups is 2. The molecule has 0 atom stereocenters. The average molecular weight is 1130 g/mol. The van der Waals surface area contributed by atoms with Gasteiger partial charge in [0.05, 0.1) is 29.3 Å². The summed E-state index contributed by atoms with van der Waals surface area (Å²) in [6, 6.07) is 27.2. The maximum absolute atomic E-state index is 13.2. The standard InChI is InChI=1S/C42H43N9O8S4.O.Re/c43-41-33-7-3-1-5-31(33)37(62(54,55)56)22-35(41)49-47-28-11-9-26(10-12-28)30-14-13-29(48-50-36-23-38(63(57,58)59)32-6-2-4-8-34(32)42(36)44)21-27(30)24-46-39(52)15-17-51(18-20-61)25-40(53)45-16-19-60;;/h1-14,21-23,60-61H,15-20,24-25,43-44H2,(H,45,53)(H,46,52)(H,54,55,56)(H,57,58,59);;/q;-2;. The largest absolute Gasteiger partial charge is 2.00 e. The molecule has 23 heteroatoms. The van der Waals surface area contributed by atoms with Crippen molar-refractivity contribution in [3.8, 4) is 11.1 Å². The molecule has 0 saturated carbocycles. The van der Waals surface area contributed by atoms with E-state index in [4.69, 9.17) is 11.5 Å². The van der Waals surface area contributed by atoms with Gasteiger partial charge in [-0.15, -0.1) is 10.2 Å². The second kappa shape index (κ2) is 23.2. The minimum Gasteiger partial charge on any atom is -2.00 e. The zero-order chi connectivity index (χ0) is 45.3. The van der Waals surface area contributed by atoms with Crippen LogP contribution in [-0.2, 0) is 62.3 Å². The fraction of sp³-hybridized carbons (Fsp3) is 0.190. The molecule has 0 unspecified atom stereocenters. The molecule has 0 heterocycles. The normalized spacial score (nSPS) is 11.8. The van der Waals surface area contributed by atoms with Gasteiger partial charge in [-0.25, -0.2) is 0 Å². The molecule has 343 valence electrons. The first-order valence-electron chi connectivity index (χ1n) is 19.2. The molecule has 2 amide bonds. The van der Waals surface area contributed by atoms with Gasteiger partial charge in [0.25, 0.3) is 20.2 Å². The van der Waals surface area contributed by atoms with Gasteiger partial charge in [0.1, 0.15) is 21.2 Å². The first-order chi connectivity index (χ1) is 30.1. The van der Waals surface area contributed by atoms with Gasteiger partial charge in [-0.2, -0.15) is 52.3 Å². The maximum Gasteiger partial charge on any atom is 0.295 e. The van der Waals surface area contributed by atoms with Crippen molar-refractivity contribution >= 4 is 113 Å². The van der Waals surface area contributed by atoms with Crippen LogP contribution >= 0.6 is 25.3 Å². The van der Waals surface area contributed by atoms with Crippen LogP contribution in [0.25, 0.3) is 32.7 Å². The third-order valence-corrected chi connectivity index (χ3v) is 12.0. The van der Waals surface area contributed by atoms with Crippen LogP contribution in [0.15, 0.2) is 133 Å². The van der Waals surface area contributed by atoms with E-state index < -0.39 is 20.2 Å². The molecule has 0 aliphatic rings. The summed E-state index contributed by atoms with van der Waals surface area (Å²) < 4.78 is 68.8. The van der Waals surface area contributed by atoms with Gasteiger partial charge in [0.15, 0.2) is 0 Å². The van der Waals surface area contributed by atoms with E-state index in [-0.39, 0.29) is 101 Å². The Balaban J connectivity index is 0.00000462. The van der Waals surface area contributed by atoms with Crippen molar-refractivity contribution in [3.63, 3.8) is 0 Å². The maximum atomic E-state index is 13.2. The number of rotatable bonds is 18.